The predicted octanol–water partition coefficient (Wildman–Crippen LogP) is 1.95. The molecule has 0 aromatic carbocycles. The average Bonchev–Trinajstić information content (AvgIpc) is 2.19. The molecule has 3 heteroatoms. The summed E-state index contributed by atoms with van der Waals surface area (Å²) in [5.41, 5.74) is 5.97. The molecule has 0 bridgehead atoms. The lowest BCUT2D eigenvalue weighted by atomic mass is 9.70. The second kappa shape index (κ2) is 4.44. The Labute approximate surface area is 85.5 Å². The van der Waals surface area contributed by atoms with Gasteiger partial charge in [-0.1, -0.05) is 19.8 Å². The lowest BCUT2D eigenvalue weighted by Crippen LogP contribution is -2.49. The largest absolute Gasteiger partial charge is 0.325 e. The van der Waals surface area contributed by atoms with Gasteiger partial charge in [0.25, 0.3) is 0 Å². The summed E-state index contributed by atoms with van der Waals surface area (Å²) in [7, 11) is 0. The zero-order valence-corrected chi connectivity index (χ0v) is 8.66. The molecule has 1 rings (SSSR count). The van der Waals surface area contributed by atoms with Crippen LogP contribution in [-0.4, -0.2) is 5.54 Å². The molecule has 1 aliphatic rings. The predicted molar refractivity (Wildman–Crippen MR) is 53.9 cm³/mol. The van der Waals surface area contributed by atoms with Gasteiger partial charge in [-0.3, -0.25) is 0 Å². The van der Waals surface area contributed by atoms with E-state index in [0.717, 1.165) is 19.3 Å². The summed E-state index contributed by atoms with van der Waals surface area (Å²) >= 11 is 0. The Kier molecular flexibility index (Phi) is 3.49. The molecule has 1 saturated carbocycles. The minimum absolute atomic E-state index is 0.283. The van der Waals surface area contributed by atoms with Crippen molar-refractivity contribution in [3.8, 4) is 12.1 Å². The fourth-order valence-electron chi connectivity index (χ4n) is 2.24. The van der Waals surface area contributed by atoms with Gasteiger partial charge in [-0.15, -0.1) is 0 Å². The fourth-order valence-corrected chi connectivity index (χ4v) is 2.24. The van der Waals surface area contributed by atoms with Crippen LogP contribution >= 0.6 is 0 Å². The maximum Gasteiger partial charge on any atom is 0.135 e. The number of nitrogens with two attached hydrogens (primary N) is 1. The molecule has 76 valence electrons. The van der Waals surface area contributed by atoms with Crippen molar-refractivity contribution < 1.29 is 0 Å². The SMILES string of the molecule is CC1CCCCC1(N)CC(C#N)C#N. The first-order valence-corrected chi connectivity index (χ1v) is 5.20. The molecule has 3 nitrogen and oxygen atoms in total. The van der Waals surface area contributed by atoms with Gasteiger partial charge >= 0.3 is 0 Å². The number of nitrogens with zero attached hydrogens (tertiary/aromatic N) is 2. The lowest BCUT2D eigenvalue weighted by molar-refractivity contribution is 0.184. The quantitative estimate of drug-likeness (QED) is 0.725. The molecule has 0 amide bonds. The van der Waals surface area contributed by atoms with Gasteiger partial charge in [0.1, 0.15) is 5.92 Å². The summed E-state index contributed by atoms with van der Waals surface area (Å²) in [4.78, 5) is 0. The van der Waals surface area contributed by atoms with Crippen LogP contribution < -0.4 is 5.73 Å². The number of hydrogen-bond acceptors (Lipinski definition) is 3. The standard InChI is InChI=1S/C11H17N3/c1-9-4-2-3-5-11(9,14)6-10(7-12)8-13/h9-10H,2-6,14H2,1H3. The van der Waals surface area contributed by atoms with Crippen molar-refractivity contribution in [2.45, 2.75) is 44.6 Å². The molecule has 14 heavy (non-hydrogen) atoms. The van der Waals surface area contributed by atoms with Gasteiger partial charge in [0, 0.05) is 5.54 Å². The maximum atomic E-state index is 8.73. The zero-order valence-electron chi connectivity index (χ0n) is 8.66. The molecule has 2 atom stereocenters. The average molecular weight is 191 g/mol. The topological polar surface area (TPSA) is 73.6 Å². The smallest absolute Gasteiger partial charge is 0.135 e. The van der Waals surface area contributed by atoms with E-state index in [1.54, 1.807) is 0 Å². The molecule has 0 saturated heterocycles. The van der Waals surface area contributed by atoms with Crippen LogP contribution in [-0.2, 0) is 0 Å². The van der Waals surface area contributed by atoms with Gasteiger partial charge in [-0.05, 0) is 25.2 Å². The molecule has 0 heterocycles. The minimum Gasteiger partial charge on any atom is -0.325 e. The molecular formula is C11H17N3. The van der Waals surface area contributed by atoms with Crippen LogP contribution in [0.25, 0.3) is 0 Å². The van der Waals surface area contributed by atoms with Crippen LogP contribution in [0.1, 0.15) is 39.0 Å². The van der Waals surface area contributed by atoms with Gasteiger partial charge in [-0.2, -0.15) is 10.5 Å². The van der Waals surface area contributed by atoms with Crippen molar-refractivity contribution in [3.05, 3.63) is 0 Å². The number of hydrogen-bond donors (Lipinski definition) is 1. The second-order valence-corrected chi connectivity index (χ2v) is 4.39. The van der Waals surface area contributed by atoms with E-state index < -0.39 is 5.92 Å². The molecule has 0 spiro atoms. The molecule has 2 unspecified atom stereocenters. The van der Waals surface area contributed by atoms with E-state index in [4.69, 9.17) is 16.3 Å². The number of nitriles is 2. The summed E-state index contributed by atoms with van der Waals surface area (Å²) in [6.07, 6.45) is 4.96. The summed E-state index contributed by atoms with van der Waals surface area (Å²) in [5.74, 6) is -0.110. The molecule has 1 aliphatic carbocycles. The third-order valence-corrected chi connectivity index (χ3v) is 3.41. The zero-order chi connectivity index (χ0) is 10.6. The number of rotatable bonds is 2. The van der Waals surface area contributed by atoms with Gasteiger partial charge < -0.3 is 5.73 Å². The van der Waals surface area contributed by atoms with Crippen molar-refractivity contribution in [2.75, 3.05) is 0 Å². The Morgan fingerprint density at radius 3 is 2.57 bits per heavy atom. The van der Waals surface area contributed by atoms with Crippen LogP contribution in [0.4, 0.5) is 0 Å². The lowest BCUT2D eigenvalue weighted by Gasteiger charge is -2.39. The van der Waals surface area contributed by atoms with E-state index in [-0.39, 0.29) is 5.54 Å². The minimum atomic E-state index is -0.541. The van der Waals surface area contributed by atoms with E-state index in [0.29, 0.717) is 12.3 Å². The van der Waals surface area contributed by atoms with Crippen molar-refractivity contribution in [1.29, 1.82) is 10.5 Å². The Morgan fingerprint density at radius 1 is 1.43 bits per heavy atom. The Morgan fingerprint density at radius 2 is 2.07 bits per heavy atom. The van der Waals surface area contributed by atoms with Gasteiger partial charge in [0.2, 0.25) is 0 Å². The van der Waals surface area contributed by atoms with Gasteiger partial charge in [0.15, 0.2) is 0 Å². The highest BCUT2D eigenvalue weighted by atomic mass is 14.8. The van der Waals surface area contributed by atoms with Crippen molar-refractivity contribution in [1.82, 2.24) is 0 Å². The maximum absolute atomic E-state index is 8.73. The third-order valence-electron chi connectivity index (χ3n) is 3.41. The summed E-state index contributed by atoms with van der Waals surface area (Å²) in [6.45, 7) is 2.13. The van der Waals surface area contributed by atoms with E-state index in [1.165, 1.54) is 6.42 Å². The first-order valence-electron chi connectivity index (χ1n) is 5.20. The van der Waals surface area contributed by atoms with Crippen molar-refractivity contribution in [3.63, 3.8) is 0 Å². The van der Waals surface area contributed by atoms with Crippen molar-refractivity contribution >= 4 is 0 Å². The van der Waals surface area contributed by atoms with Crippen molar-refractivity contribution in [2.24, 2.45) is 17.6 Å². The normalized spacial score (nSPS) is 32.2. The molecular weight excluding hydrogens is 174 g/mol. The van der Waals surface area contributed by atoms with Crippen LogP contribution in [0.15, 0.2) is 0 Å². The molecule has 1 fully saturated rings. The Hall–Kier alpha value is -1.06. The first-order chi connectivity index (χ1) is 6.62. The Balaban J connectivity index is 2.65. The van der Waals surface area contributed by atoms with E-state index in [1.807, 2.05) is 12.1 Å². The molecule has 2 N–H and O–H groups in total. The monoisotopic (exact) mass is 191 g/mol. The van der Waals surface area contributed by atoms with E-state index >= 15 is 0 Å². The first kappa shape index (κ1) is 11.0. The van der Waals surface area contributed by atoms with Crippen LogP contribution in [0.3, 0.4) is 0 Å². The third kappa shape index (κ3) is 2.25. The van der Waals surface area contributed by atoms with E-state index in [9.17, 15) is 0 Å². The van der Waals surface area contributed by atoms with Crippen LogP contribution in [0.2, 0.25) is 0 Å². The summed E-state index contributed by atoms with van der Waals surface area (Å²) < 4.78 is 0. The molecule has 0 radical (unpaired) electrons. The van der Waals surface area contributed by atoms with Crippen LogP contribution in [0.5, 0.6) is 0 Å². The van der Waals surface area contributed by atoms with Crippen LogP contribution in [0, 0.1) is 34.5 Å². The summed E-state index contributed by atoms with van der Waals surface area (Å²) in [6, 6.07) is 4.01. The summed E-state index contributed by atoms with van der Waals surface area (Å²) in [5, 5.41) is 17.5. The Bertz CT molecular complexity index is 259. The van der Waals surface area contributed by atoms with Gasteiger partial charge in [-0.25, -0.2) is 0 Å². The highest BCUT2D eigenvalue weighted by Gasteiger charge is 2.36. The molecule has 0 aromatic heterocycles. The highest BCUT2D eigenvalue weighted by Crippen LogP contribution is 2.35. The van der Waals surface area contributed by atoms with E-state index in [2.05, 4.69) is 6.92 Å². The fraction of sp³-hybridized carbons (Fsp3) is 0.818. The molecule has 0 aromatic rings. The second-order valence-electron chi connectivity index (χ2n) is 4.39. The highest BCUT2D eigenvalue weighted by molar-refractivity contribution is 5.06. The molecule has 0 aliphatic heterocycles. The van der Waals surface area contributed by atoms with Gasteiger partial charge in [0.05, 0.1) is 12.1 Å².